The van der Waals surface area contributed by atoms with Gasteiger partial charge in [0.2, 0.25) is 5.91 Å². The van der Waals surface area contributed by atoms with Crippen LogP contribution in [0, 0.1) is 0 Å². The molecule has 0 saturated carbocycles. The molecule has 1 aliphatic rings. The summed E-state index contributed by atoms with van der Waals surface area (Å²) in [5.41, 5.74) is 0.0325. The van der Waals surface area contributed by atoms with Gasteiger partial charge in [-0.1, -0.05) is 0 Å². The summed E-state index contributed by atoms with van der Waals surface area (Å²) in [4.78, 5) is 25.0. The molecule has 0 aromatic carbocycles. The number of hydrogen-bond acceptors (Lipinski definition) is 6. The summed E-state index contributed by atoms with van der Waals surface area (Å²) in [5.74, 6) is 0.570. The van der Waals surface area contributed by atoms with E-state index in [1.165, 1.54) is 17.3 Å². The predicted molar refractivity (Wildman–Crippen MR) is 85.8 cm³/mol. The summed E-state index contributed by atoms with van der Waals surface area (Å²) in [7, 11) is 0. The van der Waals surface area contributed by atoms with E-state index >= 15 is 0 Å². The van der Waals surface area contributed by atoms with Gasteiger partial charge in [-0.2, -0.15) is 5.10 Å². The summed E-state index contributed by atoms with van der Waals surface area (Å²) in [6.45, 7) is 4.71. The fourth-order valence-corrected chi connectivity index (χ4v) is 2.57. The molecule has 128 valence electrons. The molecule has 0 radical (unpaired) electrons. The number of carbonyl (C=O) groups excluding carboxylic acids is 1. The Labute approximate surface area is 140 Å². The van der Waals surface area contributed by atoms with Gasteiger partial charge in [-0.15, -0.1) is 0 Å². The third kappa shape index (κ3) is 3.59. The maximum absolute atomic E-state index is 12.4. The van der Waals surface area contributed by atoms with E-state index in [1.807, 2.05) is 0 Å². The normalized spacial score (nSPS) is 18.3. The van der Waals surface area contributed by atoms with Gasteiger partial charge in [0.05, 0.1) is 0 Å². The molecule has 8 heteroatoms. The maximum Gasteiger partial charge on any atom is 0.247 e. The highest BCUT2D eigenvalue weighted by atomic mass is 16.5. The summed E-state index contributed by atoms with van der Waals surface area (Å²) in [6.07, 6.45) is 9.62. The zero-order chi connectivity index (χ0) is 17.0. The molecule has 0 unspecified atom stereocenters. The van der Waals surface area contributed by atoms with Crippen LogP contribution in [0.15, 0.2) is 25.0 Å². The average molecular weight is 330 g/mol. The molecule has 1 N–H and O–H groups in total. The number of nitrogens with one attached hydrogen (secondary N) is 1. The molecular formula is C16H22N6O2. The quantitative estimate of drug-likeness (QED) is 0.889. The molecule has 2 aromatic rings. The van der Waals surface area contributed by atoms with E-state index in [4.69, 9.17) is 4.74 Å². The van der Waals surface area contributed by atoms with Gasteiger partial charge in [-0.05, 0) is 33.1 Å². The van der Waals surface area contributed by atoms with Crippen LogP contribution >= 0.6 is 0 Å². The minimum absolute atomic E-state index is 0.00589. The van der Waals surface area contributed by atoms with Crippen LogP contribution in [-0.2, 0) is 21.6 Å². The van der Waals surface area contributed by atoms with Gasteiger partial charge in [0.15, 0.2) is 5.82 Å². The Morgan fingerprint density at radius 2 is 2.17 bits per heavy atom. The van der Waals surface area contributed by atoms with Gasteiger partial charge in [0.1, 0.15) is 24.3 Å². The first-order chi connectivity index (χ1) is 11.6. The van der Waals surface area contributed by atoms with Gasteiger partial charge in [0, 0.05) is 31.1 Å². The Morgan fingerprint density at radius 1 is 1.38 bits per heavy atom. The number of nitrogens with zero attached hydrogens (tertiary/aromatic N) is 5. The second-order valence-electron chi connectivity index (χ2n) is 6.39. The van der Waals surface area contributed by atoms with Gasteiger partial charge >= 0.3 is 0 Å². The Hall–Kier alpha value is -2.35. The molecule has 24 heavy (non-hydrogen) atoms. The lowest BCUT2D eigenvalue weighted by Gasteiger charge is -2.23. The van der Waals surface area contributed by atoms with Crippen molar-refractivity contribution in [2.24, 2.45) is 0 Å². The third-order valence-electron chi connectivity index (χ3n) is 4.19. The second kappa shape index (κ2) is 7.04. The predicted octanol–water partition coefficient (Wildman–Crippen LogP) is 1.36. The average Bonchev–Trinajstić information content (AvgIpc) is 3.16. The number of carbonyl (C=O) groups is 1. The first kappa shape index (κ1) is 16.5. The number of hydrogen-bond donors (Lipinski definition) is 1. The van der Waals surface area contributed by atoms with Crippen LogP contribution in [0.2, 0.25) is 0 Å². The fourth-order valence-electron chi connectivity index (χ4n) is 2.57. The van der Waals surface area contributed by atoms with E-state index in [9.17, 15) is 4.79 Å². The number of aromatic nitrogens is 5. The lowest BCUT2D eigenvalue weighted by Crippen LogP contribution is -2.44. The molecule has 1 saturated heterocycles. The molecule has 1 fully saturated rings. The molecule has 0 bridgehead atoms. The zero-order valence-electron chi connectivity index (χ0n) is 14.0. The van der Waals surface area contributed by atoms with E-state index in [-0.39, 0.29) is 12.0 Å². The number of ether oxygens (including phenoxy) is 1. The molecule has 0 aliphatic carbocycles. The Morgan fingerprint density at radius 3 is 2.79 bits per heavy atom. The van der Waals surface area contributed by atoms with Gasteiger partial charge in [-0.3, -0.25) is 4.79 Å². The lowest BCUT2D eigenvalue weighted by molar-refractivity contribution is -0.129. The van der Waals surface area contributed by atoms with Gasteiger partial charge < -0.3 is 10.1 Å². The smallest absolute Gasteiger partial charge is 0.247 e. The molecule has 2 aromatic heterocycles. The maximum atomic E-state index is 12.4. The van der Waals surface area contributed by atoms with E-state index < -0.39 is 5.54 Å². The van der Waals surface area contributed by atoms with Crippen LogP contribution in [0.25, 0.3) is 0 Å². The van der Waals surface area contributed by atoms with E-state index in [1.54, 1.807) is 26.2 Å². The summed E-state index contributed by atoms with van der Waals surface area (Å²) >= 11 is 0. The van der Waals surface area contributed by atoms with Crippen LogP contribution in [0.5, 0.6) is 0 Å². The van der Waals surface area contributed by atoms with Gasteiger partial charge in [0.25, 0.3) is 0 Å². The van der Waals surface area contributed by atoms with E-state index in [0.29, 0.717) is 12.4 Å². The molecular weight excluding hydrogens is 308 g/mol. The molecule has 3 rings (SSSR count). The Balaban J connectivity index is 1.57. The molecule has 1 amide bonds. The van der Waals surface area contributed by atoms with Gasteiger partial charge in [-0.25, -0.2) is 19.6 Å². The van der Waals surface area contributed by atoms with Crippen molar-refractivity contribution >= 4 is 5.91 Å². The summed E-state index contributed by atoms with van der Waals surface area (Å²) in [6, 6.07) is 0. The van der Waals surface area contributed by atoms with E-state index in [0.717, 1.165) is 31.4 Å². The Bertz CT molecular complexity index is 662. The number of amides is 1. The van der Waals surface area contributed by atoms with Crippen molar-refractivity contribution in [2.75, 3.05) is 6.61 Å². The van der Waals surface area contributed by atoms with Crippen LogP contribution in [-0.4, -0.2) is 37.2 Å². The van der Waals surface area contributed by atoms with Crippen molar-refractivity contribution in [1.29, 1.82) is 0 Å². The highest BCUT2D eigenvalue weighted by Crippen LogP contribution is 2.24. The van der Waals surface area contributed by atoms with Crippen LogP contribution < -0.4 is 5.32 Å². The molecule has 1 aliphatic heterocycles. The summed E-state index contributed by atoms with van der Waals surface area (Å²) in [5, 5.41) is 6.92. The standard InChI is InChI=1S/C16H22N6O2/c1-16(2,22-11-17-10-21-22)15(23)20-9-12-7-18-14(19-8-12)13-5-3-4-6-24-13/h7-8,10-11,13H,3-6,9H2,1-2H3,(H,20,23)/t13-/m1/s1. The minimum atomic E-state index is -0.812. The van der Waals surface area contributed by atoms with E-state index in [2.05, 4.69) is 25.4 Å². The monoisotopic (exact) mass is 330 g/mol. The fraction of sp³-hybridized carbons (Fsp3) is 0.562. The Kier molecular flexibility index (Phi) is 4.84. The lowest BCUT2D eigenvalue weighted by atomic mass is 10.1. The highest BCUT2D eigenvalue weighted by Gasteiger charge is 2.30. The first-order valence-electron chi connectivity index (χ1n) is 8.13. The SMILES string of the molecule is CC(C)(C(=O)NCc1cnc([C@H]2CCCCO2)nc1)n1cncn1. The largest absolute Gasteiger partial charge is 0.370 e. The second-order valence-corrected chi connectivity index (χ2v) is 6.39. The molecule has 0 spiro atoms. The highest BCUT2D eigenvalue weighted by molar-refractivity contribution is 5.83. The molecule has 3 heterocycles. The zero-order valence-corrected chi connectivity index (χ0v) is 14.0. The number of rotatable bonds is 5. The first-order valence-corrected chi connectivity index (χ1v) is 8.13. The van der Waals surface area contributed by atoms with Crippen LogP contribution in [0.1, 0.15) is 50.6 Å². The van der Waals surface area contributed by atoms with Crippen molar-refractivity contribution in [3.63, 3.8) is 0 Å². The molecule has 1 atom stereocenters. The van der Waals surface area contributed by atoms with Crippen molar-refractivity contribution in [3.05, 3.63) is 36.4 Å². The summed E-state index contributed by atoms with van der Waals surface area (Å²) < 4.78 is 7.21. The molecule has 8 nitrogen and oxygen atoms in total. The minimum Gasteiger partial charge on any atom is -0.370 e. The van der Waals surface area contributed by atoms with Crippen molar-refractivity contribution < 1.29 is 9.53 Å². The van der Waals surface area contributed by atoms with Crippen molar-refractivity contribution in [2.45, 2.75) is 51.3 Å². The topological polar surface area (TPSA) is 94.8 Å². The third-order valence-corrected chi connectivity index (χ3v) is 4.19. The van der Waals surface area contributed by atoms with Crippen LogP contribution in [0.3, 0.4) is 0 Å². The van der Waals surface area contributed by atoms with Crippen molar-refractivity contribution in [3.8, 4) is 0 Å². The van der Waals surface area contributed by atoms with Crippen molar-refractivity contribution in [1.82, 2.24) is 30.0 Å². The van der Waals surface area contributed by atoms with Crippen LogP contribution in [0.4, 0.5) is 0 Å².